The van der Waals surface area contributed by atoms with Crippen LogP contribution in [0.3, 0.4) is 0 Å². The molecule has 0 bridgehead atoms. The Balaban J connectivity index is 2.32. The van der Waals surface area contributed by atoms with Gasteiger partial charge in [0.15, 0.2) is 11.0 Å². The third kappa shape index (κ3) is 2.94. The monoisotopic (exact) mass is 250 g/mol. The van der Waals surface area contributed by atoms with Gasteiger partial charge in [0.2, 0.25) is 0 Å². The number of anilines is 1. The minimum atomic E-state index is 0.719. The Morgan fingerprint density at radius 2 is 2.29 bits per heavy atom. The molecule has 0 atom stereocenters. The van der Waals surface area contributed by atoms with E-state index in [1.54, 1.807) is 11.0 Å². The molecule has 0 aromatic carbocycles. The molecule has 7 heteroatoms. The van der Waals surface area contributed by atoms with Gasteiger partial charge in [0.25, 0.3) is 0 Å². The highest BCUT2D eigenvalue weighted by atomic mass is 32.2. The van der Waals surface area contributed by atoms with Crippen LogP contribution < -0.4 is 5.32 Å². The number of nitrogens with one attached hydrogen (secondary N) is 1. The van der Waals surface area contributed by atoms with Crippen molar-refractivity contribution in [3.8, 4) is 5.82 Å². The van der Waals surface area contributed by atoms with Crippen molar-refractivity contribution in [2.45, 2.75) is 18.5 Å². The molecule has 0 amide bonds. The van der Waals surface area contributed by atoms with Crippen LogP contribution in [0, 0.1) is 0 Å². The fraction of sp³-hybridized carbons (Fsp3) is 0.400. The third-order valence-electron chi connectivity index (χ3n) is 2.08. The standard InChI is InChI=1S/C10H14N6S/c1-3-4-12-8-5-9(15-10(14-8)17-2)16-7-11-6-13-16/h5-7H,3-4H2,1-2H3,(H,12,14,15). The summed E-state index contributed by atoms with van der Waals surface area (Å²) < 4.78 is 1.62. The van der Waals surface area contributed by atoms with Gasteiger partial charge in [-0.25, -0.2) is 19.6 Å². The number of hydrogen-bond acceptors (Lipinski definition) is 6. The molecule has 2 rings (SSSR count). The van der Waals surface area contributed by atoms with E-state index >= 15 is 0 Å². The molecule has 90 valence electrons. The van der Waals surface area contributed by atoms with Gasteiger partial charge in [-0.05, 0) is 12.7 Å². The fourth-order valence-electron chi connectivity index (χ4n) is 1.29. The largest absolute Gasteiger partial charge is 0.370 e. The molecule has 0 saturated carbocycles. The summed E-state index contributed by atoms with van der Waals surface area (Å²) in [6, 6.07) is 1.87. The SMILES string of the molecule is CCCNc1cc(-n2cncn2)nc(SC)n1. The summed E-state index contributed by atoms with van der Waals surface area (Å²) in [5.74, 6) is 1.54. The Bertz CT molecular complexity index is 470. The lowest BCUT2D eigenvalue weighted by Gasteiger charge is -2.07. The maximum atomic E-state index is 4.38. The molecule has 1 N–H and O–H groups in total. The van der Waals surface area contributed by atoms with Crippen LogP contribution in [0.2, 0.25) is 0 Å². The van der Waals surface area contributed by atoms with Gasteiger partial charge in [-0.15, -0.1) is 0 Å². The van der Waals surface area contributed by atoms with Crippen molar-refractivity contribution in [2.24, 2.45) is 0 Å². The van der Waals surface area contributed by atoms with E-state index in [-0.39, 0.29) is 0 Å². The smallest absolute Gasteiger partial charge is 0.191 e. The van der Waals surface area contributed by atoms with Crippen LogP contribution in [0.5, 0.6) is 0 Å². The number of hydrogen-bond donors (Lipinski definition) is 1. The van der Waals surface area contributed by atoms with Crippen LogP contribution >= 0.6 is 11.8 Å². The van der Waals surface area contributed by atoms with Crippen LogP contribution in [-0.4, -0.2) is 37.5 Å². The summed E-state index contributed by atoms with van der Waals surface area (Å²) in [5, 5.41) is 8.03. The third-order valence-corrected chi connectivity index (χ3v) is 2.63. The highest BCUT2D eigenvalue weighted by Gasteiger charge is 2.05. The Hall–Kier alpha value is -1.63. The second-order valence-electron chi connectivity index (χ2n) is 3.36. The molecule has 0 radical (unpaired) electrons. The summed E-state index contributed by atoms with van der Waals surface area (Å²) in [5.41, 5.74) is 0. The Morgan fingerprint density at radius 3 is 2.94 bits per heavy atom. The van der Waals surface area contributed by atoms with Gasteiger partial charge >= 0.3 is 0 Å². The molecule has 0 aliphatic heterocycles. The van der Waals surface area contributed by atoms with Crippen LogP contribution in [0.1, 0.15) is 13.3 Å². The molecule has 2 aromatic heterocycles. The summed E-state index contributed by atoms with van der Waals surface area (Å²) in [6.45, 7) is 3.00. The van der Waals surface area contributed by atoms with Crippen molar-refractivity contribution in [3.05, 3.63) is 18.7 Å². The molecule has 0 aliphatic carbocycles. The highest BCUT2D eigenvalue weighted by molar-refractivity contribution is 7.98. The van der Waals surface area contributed by atoms with E-state index in [2.05, 4.69) is 32.3 Å². The van der Waals surface area contributed by atoms with Gasteiger partial charge < -0.3 is 5.32 Å². The van der Waals surface area contributed by atoms with Crippen LogP contribution in [0.15, 0.2) is 23.9 Å². The van der Waals surface area contributed by atoms with Gasteiger partial charge in [-0.2, -0.15) is 5.10 Å². The molecule has 0 fully saturated rings. The minimum Gasteiger partial charge on any atom is -0.370 e. The molecular weight excluding hydrogens is 236 g/mol. The van der Waals surface area contributed by atoms with Crippen molar-refractivity contribution in [2.75, 3.05) is 18.1 Å². The topological polar surface area (TPSA) is 68.5 Å². The predicted octanol–water partition coefficient (Wildman–Crippen LogP) is 1.60. The zero-order valence-electron chi connectivity index (χ0n) is 9.79. The molecule has 17 heavy (non-hydrogen) atoms. The van der Waals surface area contributed by atoms with Crippen molar-refractivity contribution in [1.82, 2.24) is 24.7 Å². The minimum absolute atomic E-state index is 0.719. The molecule has 0 spiro atoms. The van der Waals surface area contributed by atoms with Crippen molar-refractivity contribution < 1.29 is 0 Å². The molecule has 0 unspecified atom stereocenters. The van der Waals surface area contributed by atoms with Crippen molar-refractivity contribution >= 4 is 17.6 Å². The van der Waals surface area contributed by atoms with Gasteiger partial charge in [0.1, 0.15) is 18.5 Å². The van der Waals surface area contributed by atoms with Gasteiger partial charge in [-0.3, -0.25) is 0 Å². The van der Waals surface area contributed by atoms with Gasteiger partial charge in [0, 0.05) is 12.6 Å². The first kappa shape index (κ1) is 11.8. The van der Waals surface area contributed by atoms with Gasteiger partial charge in [0.05, 0.1) is 0 Å². The first-order valence-electron chi connectivity index (χ1n) is 5.35. The molecule has 2 heterocycles. The summed E-state index contributed by atoms with van der Waals surface area (Å²) in [6.07, 6.45) is 6.11. The quantitative estimate of drug-likeness (QED) is 0.642. The average Bonchev–Trinajstić information content (AvgIpc) is 2.89. The zero-order chi connectivity index (χ0) is 12.1. The molecule has 0 saturated heterocycles. The molecule has 0 aliphatic rings. The predicted molar refractivity (Wildman–Crippen MR) is 67.5 cm³/mol. The maximum absolute atomic E-state index is 4.38. The highest BCUT2D eigenvalue weighted by Crippen LogP contribution is 2.16. The number of rotatable bonds is 5. The van der Waals surface area contributed by atoms with Crippen LogP contribution in [0.25, 0.3) is 5.82 Å². The lowest BCUT2D eigenvalue weighted by Crippen LogP contribution is -2.06. The Morgan fingerprint density at radius 1 is 1.41 bits per heavy atom. The number of aromatic nitrogens is 5. The van der Waals surface area contributed by atoms with Crippen molar-refractivity contribution in [1.29, 1.82) is 0 Å². The van der Waals surface area contributed by atoms with Crippen molar-refractivity contribution in [3.63, 3.8) is 0 Å². The van der Waals surface area contributed by atoms with E-state index < -0.39 is 0 Å². The number of nitrogens with zero attached hydrogens (tertiary/aromatic N) is 5. The Labute approximate surface area is 104 Å². The lowest BCUT2D eigenvalue weighted by molar-refractivity contribution is 0.805. The van der Waals surface area contributed by atoms with E-state index in [1.807, 2.05) is 12.3 Å². The fourth-order valence-corrected chi connectivity index (χ4v) is 1.67. The zero-order valence-corrected chi connectivity index (χ0v) is 10.6. The Kier molecular flexibility index (Phi) is 3.92. The van der Waals surface area contributed by atoms with E-state index in [4.69, 9.17) is 0 Å². The molecule has 6 nitrogen and oxygen atoms in total. The number of thioether (sulfide) groups is 1. The summed E-state index contributed by atoms with van der Waals surface area (Å²) in [7, 11) is 0. The van der Waals surface area contributed by atoms with E-state index in [0.29, 0.717) is 0 Å². The summed E-state index contributed by atoms with van der Waals surface area (Å²) in [4.78, 5) is 12.7. The second-order valence-corrected chi connectivity index (χ2v) is 4.14. The van der Waals surface area contributed by atoms with Crippen LogP contribution in [-0.2, 0) is 0 Å². The van der Waals surface area contributed by atoms with E-state index in [1.165, 1.54) is 18.1 Å². The molecular formula is C10H14N6S. The molecule has 2 aromatic rings. The first-order valence-corrected chi connectivity index (χ1v) is 6.58. The average molecular weight is 250 g/mol. The van der Waals surface area contributed by atoms with Gasteiger partial charge in [-0.1, -0.05) is 18.7 Å². The second kappa shape index (κ2) is 5.62. The normalized spacial score (nSPS) is 10.5. The van der Waals surface area contributed by atoms with E-state index in [0.717, 1.165) is 29.8 Å². The van der Waals surface area contributed by atoms with E-state index in [9.17, 15) is 0 Å². The first-order chi connectivity index (χ1) is 8.33. The summed E-state index contributed by atoms with van der Waals surface area (Å²) >= 11 is 1.50. The maximum Gasteiger partial charge on any atom is 0.191 e. The van der Waals surface area contributed by atoms with Crippen LogP contribution in [0.4, 0.5) is 5.82 Å². The lowest BCUT2D eigenvalue weighted by atomic mass is 10.4.